The Kier molecular flexibility index (Phi) is 4.66. The van der Waals surface area contributed by atoms with Crippen LogP contribution in [0.3, 0.4) is 0 Å². The summed E-state index contributed by atoms with van der Waals surface area (Å²) in [5.74, 6) is 1.59. The number of hydrogen-bond acceptors (Lipinski definition) is 4. The molecule has 0 aliphatic carbocycles. The van der Waals surface area contributed by atoms with Gasteiger partial charge in [-0.15, -0.1) is 0 Å². The number of likely N-dealkylation sites (tertiary alicyclic amines) is 1. The van der Waals surface area contributed by atoms with Crippen LogP contribution in [0.4, 0.5) is 0 Å². The van der Waals surface area contributed by atoms with Gasteiger partial charge in [0.1, 0.15) is 0 Å². The molecule has 4 nitrogen and oxygen atoms in total. The van der Waals surface area contributed by atoms with E-state index in [1.165, 1.54) is 0 Å². The van der Waals surface area contributed by atoms with Gasteiger partial charge in [0.25, 0.3) is 0 Å². The van der Waals surface area contributed by atoms with Crippen molar-refractivity contribution < 1.29 is 14.6 Å². The molecule has 1 aromatic carbocycles. The molecule has 1 fully saturated rings. The Balaban J connectivity index is 2.18. The van der Waals surface area contributed by atoms with Crippen molar-refractivity contribution in [2.24, 2.45) is 0 Å². The first-order valence-electron chi connectivity index (χ1n) is 6.83. The van der Waals surface area contributed by atoms with Crippen LogP contribution in [0.15, 0.2) is 18.2 Å². The number of para-hydroxylation sites is 1. The van der Waals surface area contributed by atoms with Crippen LogP contribution in [0.5, 0.6) is 11.5 Å². The quantitative estimate of drug-likeness (QED) is 0.884. The smallest absolute Gasteiger partial charge is 0.166 e. The van der Waals surface area contributed by atoms with Gasteiger partial charge in [-0.3, -0.25) is 4.90 Å². The highest BCUT2D eigenvalue weighted by Gasteiger charge is 2.22. The molecule has 19 heavy (non-hydrogen) atoms. The number of methoxy groups -OCH3 is 1. The molecule has 0 aromatic heterocycles. The molecule has 0 amide bonds. The van der Waals surface area contributed by atoms with E-state index in [-0.39, 0.29) is 12.2 Å². The molecule has 2 rings (SSSR count). The van der Waals surface area contributed by atoms with Gasteiger partial charge in [0.15, 0.2) is 11.5 Å². The topological polar surface area (TPSA) is 41.9 Å². The second-order valence-corrected chi connectivity index (χ2v) is 5.29. The molecule has 1 aliphatic heterocycles. The van der Waals surface area contributed by atoms with E-state index in [0.717, 1.165) is 43.1 Å². The molecular weight excluding hydrogens is 242 g/mol. The maximum atomic E-state index is 9.60. The summed E-state index contributed by atoms with van der Waals surface area (Å²) in [6, 6.07) is 5.96. The average molecular weight is 265 g/mol. The van der Waals surface area contributed by atoms with E-state index in [9.17, 15) is 5.11 Å². The summed E-state index contributed by atoms with van der Waals surface area (Å²) < 4.78 is 11.3. The molecule has 0 saturated carbocycles. The molecule has 1 saturated heterocycles. The van der Waals surface area contributed by atoms with Crippen LogP contribution in [-0.4, -0.2) is 42.4 Å². The predicted octanol–water partition coefficient (Wildman–Crippen LogP) is 2.05. The Labute approximate surface area is 114 Å². The Morgan fingerprint density at radius 1 is 1.42 bits per heavy atom. The fourth-order valence-electron chi connectivity index (χ4n) is 2.41. The summed E-state index contributed by atoms with van der Waals surface area (Å²) in [5, 5.41) is 9.60. The molecule has 0 bridgehead atoms. The molecule has 1 heterocycles. The molecule has 106 valence electrons. The van der Waals surface area contributed by atoms with Crippen molar-refractivity contribution in [3.05, 3.63) is 23.8 Å². The zero-order valence-corrected chi connectivity index (χ0v) is 11.9. The van der Waals surface area contributed by atoms with Gasteiger partial charge in [0.05, 0.1) is 19.3 Å². The molecular formula is C15H23NO3. The predicted molar refractivity (Wildman–Crippen MR) is 74.7 cm³/mol. The Morgan fingerprint density at radius 2 is 2.21 bits per heavy atom. The lowest BCUT2D eigenvalue weighted by molar-refractivity contribution is 0.173. The van der Waals surface area contributed by atoms with Crippen molar-refractivity contribution in [1.82, 2.24) is 4.90 Å². The van der Waals surface area contributed by atoms with Crippen LogP contribution in [-0.2, 0) is 6.54 Å². The Morgan fingerprint density at radius 3 is 2.79 bits per heavy atom. The number of ether oxygens (including phenoxy) is 2. The summed E-state index contributed by atoms with van der Waals surface area (Å²) in [5.41, 5.74) is 1.11. The van der Waals surface area contributed by atoms with E-state index in [2.05, 4.69) is 11.0 Å². The summed E-state index contributed by atoms with van der Waals surface area (Å²) in [6.07, 6.45) is 0.768. The standard InChI is InChI=1S/C15H23NO3/c1-11(2)19-15-12(5-4-6-14(15)18-3)9-16-8-7-13(17)10-16/h4-6,11,13,17H,7-10H2,1-3H3/t13-/m1/s1. The van der Waals surface area contributed by atoms with Crippen molar-refractivity contribution in [2.75, 3.05) is 20.2 Å². The number of aliphatic hydroxyl groups excluding tert-OH is 1. The first-order chi connectivity index (χ1) is 9.10. The van der Waals surface area contributed by atoms with Gasteiger partial charge in [-0.05, 0) is 26.3 Å². The molecule has 1 N–H and O–H groups in total. The van der Waals surface area contributed by atoms with Gasteiger partial charge in [0.2, 0.25) is 0 Å². The van der Waals surface area contributed by atoms with Crippen molar-refractivity contribution in [1.29, 1.82) is 0 Å². The lowest BCUT2D eigenvalue weighted by atomic mass is 10.1. The minimum atomic E-state index is -0.194. The SMILES string of the molecule is COc1cccc(CN2CC[C@@H](O)C2)c1OC(C)C. The Bertz CT molecular complexity index is 420. The van der Waals surface area contributed by atoms with Crippen LogP contribution in [0.2, 0.25) is 0 Å². The van der Waals surface area contributed by atoms with Crippen molar-refractivity contribution >= 4 is 0 Å². The maximum Gasteiger partial charge on any atom is 0.166 e. The number of nitrogens with zero attached hydrogens (tertiary/aromatic N) is 1. The molecule has 0 radical (unpaired) electrons. The van der Waals surface area contributed by atoms with Gasteiger partial charge in [-0.2, -0.15) is 0 Å². The molecule has 4 heteroatoms. The van der Waals surface area contributed by atoms with Crippen LogP contribution in [0.25, 0.3) is 0 Å². The highest BCUT2D eigenvalue weighted by atomic mass is 16.5. The second-order valence-electron chi connectivity index (χ2n) is 5.29. The van der Waals surface area contributed by atoms with Gasteiger partial charge in [0, 0.05) is 25.2 Å². The van der Waals surface area contributed by atoms with Crippen LogP contribution in [0.1, 0.15) is 25.8 Å². The van der Waals surface area contributed by atoms with E-state index in [1.807, 2.05) is 26.0 Å². The maximum absolute atomic E-state index is 9.60. The summed E-state index contributed by atoms with van der Waals surface area (Å²) in [6.45, 7) is 6.47. The van der Waals surface area contributed by atoms with Gasteiger partial charge < -0.3 is 14.6 Å². The summed E-state index contributed by atoms with van der Waals surface area (Å²) in [7, 11) is 1.66. The lowest BCUT2D eigenvalue weighted by Gasteiger charge is -2.21. The number of rotatable bonds is 5. The van der Waals surface area contributed by atoms with Crippen molar-refractivity contribution in [3.8, 4) is 11.5 Å². The normalized spacial score (nSPS) is 19.9. The van der Waals surface area contributed by atoms with Gasteiger partial charge >= 0.3 is 0 Å². The van der Waals surface area contributed by atoms with Gasteiger partial charge in [-0.1, -0.05) is 12.1 Å². The molecule has 1 aromatic rings. The van der Waals surface area contributed by atoms with Crippen LogP contribution in [0, 0.1) is 0 Å². The third kappa shape index (κ3) is 3.61. The fourth-order valence-corrected chi connectivity index (χ4v) is 2.41. The molecule has 0 unspecified atom stereocenters. The zero-order chi connectivity index (χ0) is 13.8. The fraction of sp³-hybridized carbons (Fsp3) is 0.600. The number of β-amino-alcohol motifs (C(OH)–C–C–N with tert-alkyl or cyclic N) is 1. The summed E-state index contributed by atoms with van der Waals surface area (Å²) in [4.78, 5) is 2.24. The molecule has 0 spiro atoms. The van der Waals surface area contributed by atoms with E-state index in [1.54, 1.807) is 7.11 Å². The minimum Gasteiger partial charge on any atom is -0.493 e. The monoisotopic (exact) mass is 265 g/mol. The summed E-state index contributed by atoms with van der Waals surface area (Å²) >= 11 is 0. The van der Waals surface area contributed by atoms with Crippen molar-refractivity contribution in [3.63, 3.8) is 0 Å². The van der Waals surface area contributed by atoms with E-state index in [4.69, 9.17) is 9.47 Å². The lowest BCUT2D eigenvalue weighted by Crippen LogP contribution is -2.22. The van der Waals surface area contributed by atoms with Crippen molar-refractivity contribution in [2.45, 2.75) is 39.0 Å². The first-order valence-corrected chi connectivity index (χ1v) is 6.83. The molecule has 1 atom stereocenters. The number of benzene rings is 1. The number of aliphatic hydroxyl groups is 1. The minimum absolute atomic E-state index is 0.110. The Hall–Kier alpha value is -1.26. The van der Waals surface area contributed by atoms with E-state index in [0.29, 0.717) is 0 Å². The number of hydrogen-bond donors (Lipinski definition) is 1. The third-order valence-corrected chi connectivity index (χ3v) is 3.28. The average Bonchev–Trinajstić information content (AvgIpc) is 2.76. The highest BCUT2D eigenvalue weighted by molar-refractivity contribution is 5.46. The third-order valence-electron chi connectivity index (χ3n) is 3.28. The highest BCUT2D eigenvalue weighted by Crippen LogP contribution is 2.33. The largest absolute Gasteiger partial charge is 0.493 e. The van der Waals surface area contributed by atoms with Crippen LogP contribution < -0.4 is 9.47 Å². The zero-order valence-electron chi connectivity index (χ0n) is 11.9. The van der Waals surface area contributed by atoms with Gasteiger partial charge in [-0.25, -0.2) is 0 Å². The van der Waals surface area contributed by atoms with E-state index < -0.39 is 0 Å². The van der Waals surface area contributed by atoms with E-state index >= 15 is 0 Å². The second kappa shape index (κ2) is 6.26. The first kappa shape index (κ1) is 14.2. The van der Waals surface area contributed by atoms with Crippen LogP contribution >= 0.6 is 0 Å². The molecule has 1 aliphatic rings.